The van der Waals surface area contributed by atoms with E-state index in [1.165, 1.54) is 40.8 Å². The molecule has 1 amide bonds. The summed E-state index contributed by atoms with van der Waals surface area (Å²) in [7, 11) is 0. The lowest BCUT2D eigenvalue weighted by Crippen LogP contribution is -2.13. The predicted octanol–water partition coefficient (Wildman–Crippen LogP) is 4.78. The molecule has 0 saturated heterocycles. The van der Waals surface area contributed by atoms with Crippen LogP contribution in [0.5, 0.6) is 0 Å². The third-order valence-electron chi connectivity index (χ3n) is 3.51. The van der Waals surface area contributed by atoms with E-state index in [-0.39, 0.29) is 17.5 Å². The van der Waals surface area contributed by atoms with Crippen LogP contribution in [-0.4, -0.2) is 16.6 Å². The van der Waals surface area contributed by atoms with Crippen molar-refractivity contribution < 1.29 is 9.18 Å². The minimum atomic E-state index is -0.279. The highest BCUT2D eigenvalue weighted by Gasteiger charge is 2.10. The number of benzene rings is 2. The number of hydrogen-bond donors (Lipinski definition) is 1. The van der Waals surface area contributed by atoms with E-state index in [0.29, 0.717) is 5.13 Å². The largest absolute Gasteiger partial charge is 0.301 e. The van der Waals surface area contributed by atoms with Gasteiger partial charge in [-0.2, -0.15) is 0 Å². The molecule has 3 aromatic rings. The van der Waals surface area contributed by atoms with E-state index in [0.717, 1.165) is 20.7 Å². The molecule has 23 heavy (non-hydrogen) atoms. The fourth-order valence-electron chi connectivity index (χ4n) is 2.11. The van der Waals surface area contributed by atoms with Crippen molar-refractivity contribution in [3.8, 4) is 0 Å². The molecule has 0 spiro atoms. The lowest BCUT2D eigenvalue weighted by Gasteiger charge is -2.02. The fraction of sp³-hybridized carbons (Fsp3) is 0.176. The molecule has 0 aliphatic carbocycles. The number of rotatable bonds is 4. The SMILES string of the molecule is Cc1ccc2sc(NC(=O)CSc3ccc(F)cc3)nc2c1C. The van der Waals surface area contributed by atoms with Crippen molar-refractivity contribution in [3.05, 3.63) is 53.3 Å². The predicted molar refractivity (Wildman–Crippen MR) is 94.8 cm³/mol. The van der Waals surface area contributed by atoms with Crippen molar-refractivity contribution in [2.45, 2.75) is 18.7 Å². The number of halogens is 1. The van der Waals surface area contributed by atoms with E-state index in [2.05, 4.69) is 16.4 Å². The molecule has 1 aromatic heterocycles. The zero-order valence-electron chi connectivity index (χ0n) is 12.7. The molecule has 3 nitrogen and oxygen atoms in total. The summed E-state index contributed by atoms with van der Waals surface area (Å²) in [6.07, 6.45) is 0. The average Bonchev–Trinajstić information content (AvgIpc) is 2.94. The van der Waals surface area contributed by atoms with Gasteiger partial charge in [0.1, 0.15) is 5.82 Å². The maximum atomic E-state index is 12.8. The van der Waals surface area contributed by atoms with Gasteiger partial charge in [0.2, 0.25) is 5.91 Å². The van der Waals surface area contributed by atoms with E-state index >= 15 is 0 Å². The number of carbonyl (C=O) groups excluding carboxylic acids is 1. The molecule has 6 heteroatoms. The van der Waals surface area contributed by atoms with Gasteiger partial charge in [-0.3, -0.25) is 4.79 Å². The average molecular weight is 346 g/mol. The third kappa shape index (κ3) is 3.71. The van der Waals surface area contributed by atoms with E-state index in [1.54, 1.807) is 12.1 Å². The minimum absolute atomic E-state index is 0.118. The van der Waals surface area contributed by atoms with Gasteiger partial charge in [0, 0.05) is 4.90 Å². The second-order valence-electron chi connectivity index (χ2n) is 5.16. The number of nitrogens with zero attached hydrogens (tertiary/aromatic N) is 1. The number of thiazole rings is 1. The highest BCUT2D eigenvalue weighted by atomic mass is 32.2. The molecule has 118 valence electrons. The summed E-state index contributed by atoms with van der Waals surface area (Å²) in [5.41, 5.74) is 3.27. The van der Waals surface area contributed by atoms with Gasteiger partial charge < -0.3 is 5.32 Å². The number of nitrogens with one attached hydrogen (secondary N) is 1. The Morgan fingerprint density at radius 3 is 2.70 bits per heavy atom. The Kier molecular flexibility index (Phi) is 4.63. The van der Waals surface area contributed by atoms with Crippen LogP contribution in [0.1, 0.15) is 11.1 Å². The Labute approximate surface area is 141 Å². The third-order valence-corrected chi connectivity index (χ3v) is 5.46. The van der Waals surface area contributed by atoms with Crippen LogP contribution in [0.4, 0.5) is 9.52 Å². The molecule has 0 aliphatic rings. The van der Waals surface area contributed by atoms with Gasteiger partial charge in [-0.15, -0.1) is 11.8 Å². The van der Waals surface area contributed by atoms with Crippen LogP contribution in [-0.2, 0) is 4.79 Å². The summed E-state index contributed by atoms with van der Waals surface area (Å²) in [5.74, 6) is -0.133. The van der Waals surface area contributed by atoms with E-state index in [1.807, 2.05) is 19.9 Å². The van der Waals surface area contributed by atoms with Crippen LogP contribution in [0.2, 0.25) is 0 Å². The number of amides is 1. The topological polar surface area (TPSA) is 42.0 Å². The summed E-state index contributed by atoms with van der Waals surface area (Å²) < 4.78 is 13.9. The first kappa shape index (κ1) is 16.0. The van der Waals surface area contributed by atoms with Gasteiger partial charge in [-0.05, 0) is 55.3 Å². The van der Waals surface area contributed by atoms with Crippen LogP contribution in [0.25, 0.3) is 10.2 Å². The first-order valence-corrected chi connectivity index (χ1v) is 8.88. The molecule has 0 saturated carbocycles. The lowest BCUT2D eigenvalue weighted by molar-refractivity contribution is -0.113. The first-order chi connectivity index (χ1) is 11.0. The number of aromatic nitrogens is 1. The van der Waals surface area contributed by atoms with E-state index < -0.39 is 0 Å². The second-order valence-corrected chi connectivity index (χ2v) is 7.24. The van der Waals surface area contributed by atoms with Gasteiger partial charge >= 0.3 is 0 Å². The molecule has 0 radical (unpaired) electrons. The second kappa shape index (κ2) is 6.68. The zero-order valence-corrected chi connectivity index (χ0v) is 14.4. The van der Waals surface area contributed by atoms with Crippen LogP contribution in [0.3, 0.4) is 0 Å². The van der Waals surface area contributed by atoms with Crippen LogP contribution in [0.15, 0.2) is 41.3 Å². The van der Waals surface area contributed by atoms with Gasteiger partial charge in [0.15, 0.2) is 5.13 Å². The molecule has 3 rings (SSSR count). The van der Waals surface area contributed by atoms with Crippen molar-refractivity contribution in [2.75, 3.05) is 11.1 Å². The number of hydrogen-bond acceptors (Lipinski definition) is 4. The Balaban J connectivity index is 1.66. The summed E-state index contributed by atoms with van der Waals surface area (Å²) in [6.45, 7) is 4.08. The van der Waals surface area contributed by atoms with Crippen molar-refractivity contribution >= 4 is 44.4 Å². The molecule has 0 aliphatic heterocycles. The van der Waals surface area contributed by atoms with Crippen molar-refractivity contribution in [2.24, 2.45) is 0 Å². The van der Waals surface area contributed by atoms with Crippen LogP contribution in [0, 0.1) is 19.7 Å². The number of aryl methyl sites for hydroxylation is 2. The standard InChI is InChI=1S/C17H15FN2OS2/c1-10-3-8-14-16(11(10)2)20-17(23-14)19-15(21)9-22-13-6-4-12(18)5-7-13/h3-8H,9H2,1-2H3,(H,19,20,21). The van der Waals surface area contributed by atoms with Gasteiger partial charge in [0.05, 0.1) is 16.0 Å². The first-order valence-electron chi connectivity index (χ1n) is 7.08. The number of carbonyl (C=O) groups is 1. The quantitative estimate of drug-likeness (QED) is 0.691. The Bertz CT molecular complexity index is 859. The molecular weight excluding hydrogens is 331 g/mol. The molecule has 0 bridgehead atoms. The van der Waals surface area contributed by atoms with Gasteiger partial charge in [-0.25, -0.2) is 9.37 Å². The molecule has 1 N–H and O–H groups in total. The van der Waals surface area contributed by atoms with Crippen LogP contribution < -0.4 is 5.32 Å². The maximum absolute atomic E-state index is 12.8. The van der Waals surface area contributed by atoms with Gasteiger partial charge in [0.25, 0.3) is 0 Å². The number of thioether (sulfide) groups is 1. The maximum Gasteiger partial charge on any atom is 0.236 e. The summed E-state index contributed by atoms with van der Waals surface area (Å²) in [4.78, 5) is 17.4. The van der Waals surface area contributed by atoms with Crippen LogP contribution >= 0.6 is 23.1 Å². The Morgan fingerprint density at radius 2 is 1.96 bits per heavy atom. The molecule has 0 fully saturated rings. The van der Waals surface area contributed by atoms with E-state index in [4.69, 9.17) is 0 Å². The van der Waals surface area contributed by atoms with Crippen molar-refractivity contribution in [3.63, 3.8) is 0 Å². The molecule has 0 atom stereocenters. The smallest absolute Gasteiger partial charge is 0.236 e. The lowest BCUT2D eigenvalue weighted by atomic mass is 10.1. The van der Waals surface area contributed by atoms with E-state index in [9.17, 15) is 9.18 Å². The normalized spacial score (nSPS) is 10.9. The minimum Gasteiger partial charge on any atom is -0.301 e. The molecule has 1 heterocycles. The number of fused-ring (bicyclic) bond motifs is 1. The molecule has 0 unspecified atom stereocenters. The highest BCUT2D eigenvalue weighted by Crippen LogP contribution is 2.29. The van der Waals surface area contributed by atoms with Crippen molar-refractivity contribution in [1.29, 1.82) is 0 Å². The van der Waals surface area contributed by atoms with Gasteiger partial charge in [-0.1, -0.05) is 17.4 Å². The molecular formula is C17H15FN2OS2. The molecule has 2 aromatic carbocycles. The summed E-state index contributed by atoms with van der Waals surface area (Å²) in [5, 5.41) is 3.44. The summed E-state index contributed by atoms with van der Waals surface area (Å²) in [6, 6.07) is 10.2. The zero-order chi connectivity index (χ0) is 16.4. The monoisotopic (exact) mass is 346 g/mol. The Morgan fingerprint density at radius 1 is 1.22 bits per heavy atom. The number of anilines is 1. The fourth-order valence-corrected chi connectivity index (χ4v) is 3.75. The Hall–Kier alpha value is -1.92. The highest BCUT2D eigenvalue weighted by molar-refractivity contribution is 8.00. The van der Waals surface area contributed by atoms with Crippen molar-refractivity contribution in [1.82, 2.24) is 4.98 Å². The summed E-state index contributed by atoms with van der Waals surface area (Å²) >= 11 is 2.84.